The SMILES string of the molecule is Nc1ccc([C@H]2CN3CCC[C@@H]3c3cc(OCCCN4CCCCC4)ccc32)cc1. The second kappa shape index (κ2) is 8.99. The number of nitrogen functional groups attached to an aromatic ring is 1. The van der Waals surface area contributed by atoms with Crippen LogP contribution in [0, 0.1) is 0 Å². The molecule has 0 saturated carbocycles. The monoisotopic (exact) mass is 405 g/mol. The molecule has 2 aromatic carbocycles. The number of likely N-dealkylation sites (tertiary alicyclic amines) is 1. The Morgan fingerprint density at radius 2 is 1.73 bits per heavy atom. The number of hydrogen-bond donors (Lipinski definition) is 1. The molecule has 0 spiro atoms. The molecular formula is C26H35N3O. The summed E-state index contributed by atoms with van der Waals surface area (Å²) in [6, 6.07) is 15.9. The second-order valence-corrected chi connectivity index (χ2v) is 9.27. The maximum Gasteiger partial charge on any atom is 0.119 e. The number of ether oxygens (including phenoxy) is 1. The van der Waals surface area contributed by atoms with Crippen molar-refractivity contribution in [1.82, 2.24) is 9.80 Å². The summed E-state index contributed by atoms with van der Waals surface area (Å²) in [5.41, 5.74) is 11.1. The van der Waals surface area contributed by atoms with E-state index in [1.54, 1.807) is 0 Å². The summed E-state index contributed by atoms with van der Waals surface area (Å²) in [4.78, 5) is 5.26. The zero-order chi connectivity index (χ0) is 20.3. The normalized spacial score (nSPS) is 24.4. The van der Waals surface area contributed by atoms with Gasteiger partial charge in [-0.15, -0.1) is 0 Å². The van der Waals surface area contributed by atoms with Gasteiger partial charge in [0.2, 0.25) is 0 Å². The fraction of sp³-hybridized carbons (Fsp3) is 0.538. The van der Waals surface area contributed by atoms with E-state index in [0.29, 0.717) is 12.0 Å². The molecule has 0 aromatic heterocycles. The Balaban J connectivity index is 1.29. The summed E-state index contributed by atoms with van der Waals surface area (Å²) in [5, 5.41) is 0. The van der Waals surface area contributed by atoms with Gasteiger partial charge in [-0.2, -0.15) is 0 Å². The third-order valence-corrected chi connectivity index (χ3v) is 7.25. The molecule has 160 valence electrons. The molecule has 4 nitrogen and oxygen atoms in total. The molecule has 2 N–H and O–H groups in total. The smallest absolute Gasteiger partial charge is 0.119 e. The standard InChI is InChI=1S/C26H35N3O/c27-21-9-7-20(8-10-21)25-19-29-16-4-6-26(29)24-18-22(11-12-23(24)25)30-17-5-15-28-13-2-1-3-14-28/h7-12,18,25-26H,1-6,13-17,19,27H2/t25-,26-/m1/s1. The van der Waals surface area contributed by atoms with Gasteiger partial charge in [-0.05, 0) is 92.7 Å². The Bertz CT molecular complexity index is 844. The predicted molar refractivity (Wildman–Crippen MR) is 123 cm³/mol. The van der Waals surface area contributed by atoms with Gasteiger partial charge in [-0.1, -0.05) is 24.6 Å². The van der Waals surface area contributed by atoms with Crippen molar-refractivity contribution < 1.29 is 4.74 Å². The van der Waals surface area contributed by atoms with Crippen molar-refractivity contribution in [3.63, 3.8) is 0 Å². The van der Waals surface area contributed by atoms with Gasteiger partial charge in [-0.3, -0.25) is 4.90 Å². The Labute approximate surface area is 181 Å². The minimum Gasteiger partial charge on any atom is -0.494 e. The molecule has 0 amide bonds. The zero-order valence-corrected chi connectivity index (χ0v) is 18.1. The third kappa shape index (κ3) is 4.21. The van der Waals surface area contributed by atoms with Crippen LogP contribution in [0.4, 0.5) is 5.69 Å². The highest BCUT2D eigenvalue weighted by molar-refractivity contribution is 5.48. The topological polar surface area (TPSA) is 41.7 Å². The van der Waals surface area contributed by atoms with Crippen molar-refractivity contribution in [2.24, 2.45) is 0 Å². The summed E-state index contributed by atoms with van der Waals surface area (Å²) in [7, 11) is 0. The van der Waals surface area contributed by atoms with Gasteiger partial charge in [0, 0.05) is 30.7 Å². The van der Waals surface area contributed by atoms with Crippen LogP contribution in [-0.2, 0) is 0 Å². The highest BCUT2D eigenvalue weighted by atomic mass is 16.5. The van der Waals surface area contributed by atoms with E-state index in [1.807, 2.05) is 12.1 Å². The second-order valence-electron chi connectivity index (χ2n) is 9.27. The summed E-state index contributed by atoms with van der Waals surface area (Å²) >= 11 is 0. The molecule has 2 saturated heterocycles. The lowest BCUT2D eigenvalue weighted by Crippen LogP contribution is -2.34. The molecule has 0 bridgehead atoms. The first-order valence-corrected chi connectivity index (χ1v) is 11.9. The van der Waals surface area contributed by atoms with Gasteiger partial charge in [0.1, 0.15) is 5.75 Å². The van der Waals surface area contributed by atoms with E-state index >= 15 is 0 Å². The van der Waals surface area contributed by atoms with Gasteiger partial charge in [-0.25, -0.2) is 0 Å². The van der Waals surface area contributed by atoms with Gasteiger partial charge >= 0.3 is 0 Å². The van der Waals surface area contributed by atoms with Crippen molar-refractivity contribution in [2.45, 2.75) is 50.5 Å². The zero-order valence-electron chi connectivity index (χ0n) is 18.1. The largest absolute Gasteiger partial charge is 0.494 e. The molecule has 0 radical (unpaired) electrons. The van der Waals surface area contributed by atoms with E-state index in [-0.39, 0.29) is 0 Å². The molecule has 3 aliphatic rings. The van der Waals surface area contributed by atoms with Gasteiger partial charge < -0.3 is 15.4 Å². The van der Waals surface area contributed by atoms with Crippen LogP contribution < -0.4 is 10.5 Å². The van der Waals surface area contributed by atoms with Crippen molar-refractivity contribution in [3.8, 4) is 5.75 Å². The molecular weight excluding hydrogens is 370 g/mol. The average Bonchev–Trinajstić information content (AvgIpc) is 3.26. The van der Waals surface area contributed by atoms with Crippen molar-refractivity contribution >= 4 is 5.69 Å². The molecule has 2 aromatic rings. The molecule has 30 heavy (non-hydrogen) atoms. The first-order valence-electron chi connectivity index (χ1n) is 11.9. The van der Waals surface area contributed by atoms with Crippen molar-refractivity contribution in [3.05, 3.63) is 59.2 Å². The Kier molecular flexibility index (Phi) is 5.96. The van der Waals surface area contributed by atoms with Gasteiger partial charge in [0.15, 0.2) is 0 Å². The Hall–Kier alpha value is -2.04. The summed E-state index contributed by atoms with van der Waals surface area (Å²) < 4.78 is 6.21. The van der Waals surface area contributed by atoms with Crippen LogP contribution in [0.15, 0.2) is 42.5 Å². The molecule has 4 heteroatoms. The predicted octanol–water partition coefficient (Wildman–Crippen LogP) is 4.81. The molecule has 2 fully saturated rings. The van der Waals surface area contributed by atoms with Crippen LogP contribution in [0.25, 0.3) is 0 Å². The van der Waals surface area contributed by atoms with E-state index < -0.39 is 0 Å². The number of hydrogen-bond acceptors (Lipinski definition) is 4. The fourth-order valence-electron chi connectivity index (χ4n) is 5.65. The number of piperidine rings is 1. The minimum absolute atomic E-state index is 0.420. The lowest BCUT2D eigenvalue weighted by atomic mass is 9.81. The minimum atomic E-state index is 0.420. The number of nitrogens with zero attached hydrogens (tertiary/aromatic N) is 2. The summed E-state index contributed by atoms with van der Waals surface area (Å²) in [5.74, 6) is 1.46. The van der Waals surface area contributed by atoms with E-state index in [9.17, 15) is 0 Å². The van der Waals surface area contributed by atoms with E-state index in [2.05, 4.69) is 40.1 Å². The highest BCUT2D eigenvalue weighted by Crippen LogP contribution is 2.45. The van der Waals surface area contributed by atoms with Crippen LogP contribution in [0.1, 0.15) is 67.2 Å². The third-order valence-electron chi connectivity index (χ3n) is 7.25. The quantitative estimate of drug-likeness (QED) is 0.553. The maximum atomic E-state index is 6.21. The van der Waals surface area contributed by atoms with Crippen molar-refractivity contribution in [1.29, 1.82) is 0 Å². The van der Waals surface area contributed by atoms with E-state index in [1.165, 1.54) is 75.0 Å². The summed E-state index contributed by atoms with van der Waals surface area (Å²) in [6.07, 6.45) is 7.79. The Morgan fingerprint density at radius 1 is 0.900 bits per heavy atom. The maximum absolute atomic E-state index is 6.21. The number of anilines is 1. The lowest BCUT2D eigenvalue weighted by Gasteiger charge is -2.37. The number of fused-ring (bicyclic) bond motifs is 3. The Morgan fingerprint density at radius 3 is 2.57 bits per heavy atom. The van der Waals surface area contributed by atoms with Crippen LogP contribution in [0.5, 0.6) is 5.75 Å². The highest BCUT2D eigenvalue weighted by Gasteiger charge is 2.36. The number of nitrogens with two attached hydrogens (primary N) is 1. The van der Waals surface area contributed by atoms with Gasteiger partial charge in [0.05, 0.1) is 6.61 Å². The van der Waals surface area contributed by atoms with Gasteiger partial charge in [0.25, 0.3) is 0 Å². The van der Waals surface area contributed by atoms with E-state index in [4.69, 9.17) is 10.5 Å². The summed E-state index contributed by atoms with van der Waals surface area (Å²) in [6.45, 7) is 6.82. The first kappa shape index (κ1) is 19.9. The molecule has 0 aliphatic carbocycles. The lowest BCUT2D eigenvalue weighted by molar-refractivity contribution is 0.204. The van der Waals surface area contributed by atoms with Crippen LogP contribution in [0.2, 0.25) is 0 Å². The molecule has 2 atom stereocenters. The van der Waals surface area contributed by atoms with Crippen LogP contribution in [-0.4, -0.2) is 49.1 Å². The number of benzene rings is 2. The van der Waals surface area contributed by atoms with Crippen LogP contribution in [0.3, 0.4) is 0 Å². The molecule has 3 heterocycles. The molecule has 0 unspecified atom stereocenters. The fourth-order valence-corrected chi connectivity index (χ4v) is 5.65. The average molecular weight is 406 g/mol. The van der Waals surface area contributed by atoms with Crippen molar-refractivity contribution in [2.75, 3.05) is 45.1 Å². The number of rotatable bonds is 6. The first-order chi connectivity index (χ1) is 14.8. The molecule has 3 aliphatic heterocycles. The van der Waals surface area contributed by atoms with E-state index in [0.717, 1.165) is 31.0 Å². The molecule has 5 rings (SSSR count). The van der Waals surface area contributed by atoms with Crippen LogP contribution >= 0.6 is 0 Å².